The van der Waals surface area contributed by atoms with Crippen LogP contribution in [0.4, 0.5) is 0 Å². The molecule has 0 heterocycles. The summed E-state index contributed by atoms with van der Waals surface area (Å²) in [7, 11) is 0. The van der Waals surface area contributed by atoms with Gasteiger partial charge >= 0.3 is 22.5 Å². The number of carbonyl (C=O) groups is 1. The molecule has 0 aliphatic rings. The number of ether oxygens (including phenoxy) is 2. The van der Waals surface area contributed by atoms with Crippen LogP contribution in [0, 0.1) is 14.9 Å². The Kier molecular flexibility index (Phi) is 23.5. The average Bonchev–Trinajstić information content (AvgIpc) is 2.19. The van der Waals surface area contributed by atoms with Crippen molar-refractivity contribution in [3.05, 3.63) is 26.4 Å². The van der Waals surface area contributed by atoms with E-state index in [0.717, 1.165) is 12.8 Å². The van der Waals surface area contributed by atoms with Crippen molar-refractivity contribution in [3.8, 4) is 0 Å². The van der Waals surface area contributed by atoms with Gasteiger partial charge in [-0.1, -0.05) is 13.3 Å². The molecule has 0 atom stereocenters. The van der Waals surface area contributed by atoms with E-state index >= 15 is 0 Å². The summed E-state index contributed by atoms with van der Waals surface area (Å²) >= 11 is 0. The number of carbonyl (C=O) groups excluding carboxylic acids is 1. The Hall–Kier alpha value is -0.696. The Balaban J connectivity index is -0.000000327. The first-order valence-corrected chi connectivity index (χ1v) is 5.39. The number of rotatable bonds is 7. The van der Waals surface area contributed by atoms with E-state index in [0.29, 0.717) is 19.6 Å². The van der Waals surface area contributed by atoms with Gasteiger partial charge in [-0.25, -0.2) is 4.79 Å². The van der Waals surface area contributed by atoms with E-state index < -0.39 is 5.97 Å². The van der Waals surface area contributed by atoms with Crippen molar-refractivity contribution >= 4 is 5.97 Å². The minimum absolute atomic E-state index is 0. The summed E-state index contributed by atoms with van der Waals surface area (Å²) in [6.45, 7) is 6.13. The van der Waals surface area contributed by atoms with E-state index in [1.165, 1.54) is 0 Å². The van der Waals surface area contributed by atoms with Crippen molar-refractivity contribution in [1.29, 1.82) is 0 Å². The summed E-state index contributed by atoms with van der Waals surface area (Å²) in [5, 5.41) is 9.49. The summed E-state index contributed by atoms with van der Waals surface area (Å²) < 4.78 is 9.73. The quantitative estimate of drug-likeness (QED) is 0.257. The van der Waals surface area contributed by atoms with Crippen LogP contribution in [0.3, 0.4) is 0 Å². The molecule has 1 N–H and O–H groups in total. The zero-order valence-electron chi connectivity index (χ0n) is 12.0. The first kappa shape index (κ1) is 26.0. The maximum Gasteiger partial charge on any atom is 2.00 e. The van der Waals surface area contributed by atoms with Crippen LogP contribution >= 0.6 is 0 Å². The van der Waals surface area contributed by atoms with E-state index in [1.807, 2.05) is 6.92 Å². The second-order valence-corrected chi connectivity index (χ2v) is 3.04. The molecule has 0 rings (SSSR count). The predicted octanol–water partition coefficient (Wildman–Crippen LogP) is 3.44. The molecule has 0 aromatic rings. The molecule has 0 aliphatic heterocycles. The minimum atomic E-state index is -0.489. The third-order valence-electron chi connectivity index (χ3n) is 1.84. The van der Waals surface area contributed by atoms with E-state index in [1.54, 1.807) is 13.8 Å². The number of aliphatic hydroxyl groups is 1. The molecule has 0 aromatic carbocycles. The van der Waals surface area contributed by atoms with E-state index in [2.05, 4.69) is 0 Å². The van der Waals surface area contributed by atoms with Crippen molar-refractivity contribution in [1.82, 2.24) is 0 Å². The van der Waals surface area contributed by atoms with Gasteiger partial charge in [0.1, 0.15) is 5.57 Å². The molecule has 0 bridgehead atoms. The van der Waals surface area contributed by atoms with Gasteiger partial charge in [0.05, 0.1) is 13.2 Å². The zero-order chi connectivity index (χ0) is 11.7. The third-order valence-corrected chi connectivity index (χ3v) is 1.84. The Morgan fingerprint density at radius 2 is 1.56 bits per heavy atom. The molecule has 18 heavy (non-hydrogen) atoms. The van der Waals surface area contributed by atoms with Gasteiger partial charge < -0.3 is 29.4 Å². The van der Waals surface area contributed by atoms with Crippen LogP contribution in [-0.4, -0.2) is 24.3 Å². The van der Waals surface area contributed by atoms with Crippen LogP contribution in [0.5, 0.6) is 0 Å². The Morgan fingerprint density at radius 3 is 1.94 bits per heavy atom. The monoisotopic (exact) mass is 304 g/mol. The SMILES string of the molecule is CCCC/C(C(=O)OCC)=C(\O)OCC.[CH3-].[CH3-].[Ni+2]. The molecule has 5 heteroatoms. The Bertz CT molecular complexity index is 227. The molecule has 4 nitrogen and oxygen atoms in total. The fraction of sp³-hybridized carbons (Fsp3) is 0.615. The van der Waals surface area contributed by atoms with E-state index in [9.17, 15) is 9.90 Å². The van der Waals surface area contributed by atoms with Gasteiger partial charge in [-0.2, -0.15) is 0 Å². The molecule has 112 valence electrons. The normalized spacial score (nSPS) is 9.94. The number of esters is 1. The van der Waals surface area contributed by atoms with E-state index in [4.69, 9.17) is 9.47 Å². The number of unbranched alkanes of at least 4 members (excludes halogenated alkanes) is 1. The van der Waals surface area contributed by atoms with E-state index in [-0.39, 0.29) is 42.9 Å². The number of hydrogen-bond donors (Lipinski definition) is 1. The second kappa shape index (κ2) is 16.3. The first-order valence-electron chi connectivity index (χ1n) is 5.39. The summed E-state index contributed by atoms with van der Waals surface area (Å²) in [5.74, 6) is -0.790. The van der Waals surface area contributed by atoms with Crippen LogP contribution in [0.2, 0.25) is 0 Å². The largest absolute Gasteiger partial charge is 2.00 e. The third kappa shape index (κ3) is 10.5. The zero-order valence-corrected chi connectivity index (χ0v) is 13.0. The van der Waals surface area contributed by atoms with Gasteiger partial charge in [0.25, 0.3) is 5.95 Å². The first-order chi connectivity index (χ1) is 7.17. The molecule has 0 spiro atoms. The summed E-state index contributed by atoms with van der Waals surface area (Å²) in [4.78, 5) is 11.4. The molecular formula is C13H26NiO4. The van der Waals surface area contributed by atoms with Crippen LogP contribution in [-0.2, 0) is 30.8 Å². The fourth-order valence-electron chi connectivity index (χ4n) is 1.09. The Labute approximate surface area is 122 Å². The van der Waals surface area contributed by atoms with Crippen molar-refractivity contribution in [3.63, 3.8) is 0 Å². The fourth-order valence-corrected chi connectivity index (χ4v) is 1.09. The maximum absolute atomic E-state index is 11.4. The van der Waals surface area contributed by atoms with Gasteiger partial charge in [-0.15, -0.1) is 0 Å². The molecule has 0 aromatic heterocycles. The van der Waals surface area contributed by atoms with Crippen molar-refractivity contribution in [2.45, 2.75) is 40.0 Å². The molecule has 0 saturated carbocycles. The molecule has 0 amide bonds. The van der Waals surface area contributed by atoms with Crippen LogP contribution in [0.1, 0.15) is 40.0 Å². The van der Waals surface area contributed by atoms with Gasteiger partial charge in [-0.05, 0) is 26.7 Å². The van der Waals surface area contributed by atoms with Crippen molar-refractivity contribution < 1.29 is 35.9 Å². The number of hydrogen-bond acceptors (Lipinski definition) is 4. The van der Waals surface area contributed by atoms with Crippen LogP contribution in [0.25, 0.3) is 0 Å². The topological polar surface area (TPSA) is 55.8 Å². The smallest absolute Gasteiger partial charge is 0.481 e. The van der Waals surface area contributed by atoms with Gasteiger partial charge in [0.2, 0.25) is 0 Å². The molecule has 0 aliphatic carbocycles. The summed E-state index contributed by atoms with van der Waals surface area (Å²) in [6.07, 6.45) is 2.26. The predicted molar refractivity (Wildman–Crippen MR) is 70.3 cm³/mol. The van der Waals surface area contributed by atoms with Crippen molar-refractivity contribution in [2.75, 3.05) is 13.2 Å². The maximum atomic E-state index is 11.4. The molecule has 0 unspecified atom stereocenters. The van der Waals surface area contributed by atoms with Crippen LogP contribution < -0.4 is 0 Å². The summed E-state index contributed by atoms with van der Waals surface area (Å²) in [5.41, 5.74) is 0.237. The van der Waals surface area contributed by atoms with Crippen LogP contribution in [0.15, 0.2) is 11.5 Å². The number of aliphatic hydroxyl groups excluding tert-OH is 1. The Morgan fingerprint density at radius 1 is 1.06 bits per heavy atom. The molecule has 0 fully saturated rings. The molecular weight excluding hydrogens is 279 g/mol. The second-order valence-electron chi connectivity index (χ2n) is 3.04. The standard InChI is InChI=1S/C11H20O4.2CH3.Ni/c1-4-7-8-9(10(12)14-5-2)11(13)15-6-3;;;/h12H,4-8H2,1-3H3;2*1H3;/q;2*-1;+2/b10-9-;;;. The summed E-state index contributed by atoms with van der Waals surface area (Å²) in [6, 6.07) is 0. The van der Waals surface area contributed by atoms with Gasteiger partial charge in [0, 0.05) is 0 Å². The minimum Gasteiger partial charge on any atom is -0.481 e. The van der Waals surface area contributed by atoms with Gasteiger partial charge in [0.15, 0.2) is 0 Å². The molecule has 0 saturated heterocycles. The van der Waals surface area contributed by atoms with Gasteiger partial charge in [-0.3, -0.25) is 0 Å². The molecule has 0 radical (unpaired) electrons. The van der Waals surface area contributed by atoms with Crippen molar-refractivity contribution in [2.24, 2.45) is 0 Å². The average molecular weight is 305 g/mol.